The molecule has 0 saturated carbocycles. The van der Waals surface area contributed by atoms with Crippen LogP contribution in [0.15, 0.2) is 53.8 Å². The predicted octanol–water partition coefficient (Wildman–Crippen LogP) is 2.82. The molecule has 6 heteroatoms. The van der Waals surface area contributed by atoms with Crippen molar-refractivity contribution < 1.29 is 9.53 Å². The monoisotopic (exact) mass is 326 g/mol. The van der Waals surface area contributed by atoms with Gasteiger partial charge in [-0.25, -0.2) is 5.43 Å². The van der Waals surface area contributed by atoms with Crippen LogP contribution in [0.5, 0.6) is 5.75 Å². The van der Waals surface area contributed by atoms with Crippen LogP contribution < -0.4 is 15.5 Å². The van der Waals surface area contributed by atoms with Crippen molar-refractivity contribution in [2.24, 2.45) is 5.10 Å². The summed E-state index contributed by atoms with van der Waals surface area (Å²) in [5.74, 6) is 0.610. The standard InChI is InChI=1S/C18H22N4O2/c1-3-17(21-14-8-10-16(11-9-14)24-4-2)18(23)22-20-13-15-7-5-6-12-19-15/h5-13,17,21H,3-4H2,1-2H3,(H,22,23)/t17-/m0/s1. The summed E-state index contributed by atoms with van der Waals surface area (Å²) in [5, 5.41) is 7.13. The predicted molar refractivity (Wildman–Crippen MR) is 95.3 cm³/mol. The second kappa shape index (κ2) is 9.29. The summed E-state index contributed by atoms with van der Waals surface area (Å²) in [6.45, 7) is 4.50. The highest BCUT2D eigenvalue weighted by molar-refractivity contribution is 5.86. The molecule has 0 spiro atoms. The molecule has 126 valence electrons. The average molecular weight is 326 g/mol. The van der Waals surface area contributed by atoms with E-state index in [-0.39, 0.29) is 11.9 Å². The van der Waals surface area contributed by atoms with Crippen molar-refractivity contribution in [1.82, 2.24) is 10.4 Å². The lowest BCUT2D eigenvalue weighted by Gasteiger charge is -2.16. The lowest BCUT2D eigenvalue weighted by molar-refractivity contribution is -0.121. The van der Waals surface area contributed by atoms with Crippen LogP contribution in [0.25, 0.3) is 0 Å². The molecule has 6 nitrogen and oxygen atoms in total. The third-order valence-electron chi connectivity index (χ3n) is 3.29. The van der Waals surface area contributed by atoms with Crippen LogP contribution in [-0.4, -0.2) is 29.8 Å². The minimum absolute atomic E-state index is 0.196. The fraction of sp³-hybridized carbons (Fsp3) is 0.278. The Morgan fingerprint density at radius 1 is 1.25 bits per heavy atom. The number of aromatic nitrogens is 1. The van der Waals surface area contributed by atoms with Gasteiger partial charge in [-0.3, -0.25) is 9.78 Å². The lowest BCUT2D eigenvalue weighted by atomic mass is 10.2. The maximum absolute atomic E-state index is 12.2. The van der Waals surface area contributed by atoms with E-state index in [0.29, 0.717) is 18.7 Å². The number of nitrogens with one attached hydrogen (secondary N) is 2. The summed E-state index contributed by atoms with van der Waals surface area (Å²) in [5.41, 5.74) is 4.08. The molecular weight excluding hydrogens is 304 g/mol. The number of pyridine rings is 1. The average Bonchev–Trinajstić information content (AvgIpc) is 2.62. The molecule has 24 heavy (non-hydrogen) atoms. The van der Waals surface area contributed by atoms with Crippen molar-refractivity contribution in [3.8, 4) is 5.75 Å². The quantitative estimate of drug-likeness (QED) is 0.578. The molecule has 2 aromatic rings. The summed E-state index contributed by atoms with van der Waals surface area (Å²) in [7, 11) is 0. The zero-order valence-corrected chi connectivity index (χ0v) is 13.9. The van der Waals surface area contributed by atoms with Crippen LogP contribution in [0.3, 0.4) is 0 Å². The van der Waals surface area contributed by atoms with Gasteiger partial charge in [0.15, 0.2) is 0 Å². The third kappa shape index (κ3) is 5.39. The first-order valence-corrected chi connectivity index (χ1v) is 7.96. The maximum Gasteiger partial charge on any atom is 0.262 e. The van der Waals surface area contributed by atoms with Crippen molar-refractivity contribution in [2.75, 3.05) is 11.9 Å². The summed E-state index contributed by atoms with van der Waals surface area (Å²) >= 11 is 0. The highest BCUT2D eigenvalue weighted by Crippen LogP contribution is 2.17. The number of carbonyl (C=O) groups excluding carboxylic acids is 1. The molecule has 0 unspecified atom stereocenters. The zero-order chi connectivity index (χ0) is 17.2. The SMILES string of the molecule is CCOc1ccc(N[C@@H](CC)C(=O)NN=Cc2ccccn2)cc1. The Morgan fingerprint density at radius 2 is 2.04 bits per heavy atom. The normalized spacial score (nSPS) is 11.9. The third-order valence-corrected chi connectivity index (χ3v) is 3.29. The number of ether oxygens (including phenoxy) is 1. The minimum Gasteiger partial charge on any atom is -0.494 e. The molecule has 0 bridgehead atoms. The van der Waals surface area contributed by atoms with E-state index >= 15 is 0 Å². The van der Waals surface area contributed by atoms with Crippen LogP contribution in [0.1, 0.15) is 26.0 Å². The van der Waals surface area contributed by atoms with Gasteiger partial charge in [0.2, 0.25) is 0 Å². The number of amides is 1. The Bertz CT molecular complexity index is 656. The molecule has 0 saturated heterocycles. The van der Waals surface area contributed by atoms with Crippen LogP contribution in [0.4, 0.5) is 5.69 Å². The van der Waals surface area contributed by atoms with Gasteiger partial charge in [0.05, 0.1) is 18.5 Å². The Labute approximate surface area is 142 Å². The molecule has 0 fully saturated rings. The molecule has 0 aliphatic rings. The van der Waals surface area contributed by atoms with E-state index < -0.39 is 0 Å². The van der Waals surface area contributed by atoms with Gasteiger partial charge >= 0.3 is 0 Å². The number of anilines is 1. The number of hydrazone groups is 1. The smallest absolute Gasteiger partial charge is 0.262 e. The summed E-state index contributed by atoms with van der Waals surface area (Å²) in [4.78, 5) is 16.3. The van der Waals surface area contributed by atoms with Crippen molar-refractivity contribution >= 4 is 17.8 Å². The number of carbonyl (C=O) groups is 1. The van der Waals surface area contributed by atoms with Gasteiger partial charge in [0.25, 0.3) is 5.91 Å². The molecule has 1 amide bonds. The minimum atomic E-state index is -0.371. The molecule has 2 N–H and O–H groups in total. The van der Waals surface area contributed by atoms with Crippen molar-refractivity contribution in [1.29, 1.82) is 0 Å². The summed E-state index contributed by atoms with van der Waals surface area (Å²) in [6.07, 6.45) is 3.82. The topological polar surface area (TPSA) is 75.6 Å². The molecule has 1 aromatic heterocycles. The number of hydrogen-bond acceptors (Lipinski definition) is 5. The number of hydrogen-bond donors (Lipinski definition) is 2. The highest BCUT2D eigenvalue weighted by atomic mass is 16.5. The van der Waals surface area contributed by atoms with E-state index in [2.05, 4.69) is 20.8 Å². The largest absolute Gasteiger partial charge is 0.494 e. The molecule has 0 radical (unpaired) electrons. The second-order valence-electron chi connectivity index (χ2n) is 5.05. The van der Waals surface area contributed by atoms with Gasteiger partial charge < -0.3 is 10.1 Å². The first-order chi connectivity index (χ1) is 11.7. The van der Waals surface area contributed by atoms with Gasteiger partial charge in [-0.2, -0.15) is 5.10 Å². The zero-order valence-electron chi connectivity index (χ0n) is 13.9. The highest BCUT2D eigenvalue weighted by Gasteiger charge is 2.15. The van der Waals surface area contributed by atoms with Gasteiger partial charge in [-0.05, 0) is 49.7 Å². The molecule has 1 heterocycles. The molecule has 1 atom stereocenters. The first kappa shape index (κ1) is 17.5. The van der Waals surface area contributed by atoms with E-state index in [0.717, 1.165) is 11.4 Å². The van der Waals surface area contributed by atoms with Crippen molar-refractivity contribution in [3.05, 3.63) is 54.4 Å². The number of nitrogens with zero attached hydrogens (tertiary/aromatic N) is 2. The Kier molecular flexibility index (Phi) is 6.76. The molecule has 2 rings (SSSR count). The fourth-order valence-electron chi connectivity index (χ4n) is 2.06. The van der Waals surface area contributed by atoms with Crippen LogP contribution in [0.2, 0.25) is 0 Å². The summed E-state index contributed by atoms with van der Waals surface area (Å²) < 4.78 is 5.40. The van der Waals surface area contributed by atoms with Gasteiger partial charge in [0, 0.05) is 11.9 Å². The Balaban J connectivity index is 1.90. The van der Waals surface area contributed by atoms with Crippen LogP contribution in [0, 0.1) is 0 Å². The van der Waals surface area contributed by atoms with E-state index in [4.69, 9.17) is 4.74 Å². The van der Waals surface area contributed by atoms with Gasteiger partial charge in [-0.15, -0.1) is 0 Å². The van der Waals surface area contributed by atoms with Gasteiger partial charge in [0.1, 0.15) is 11.8 Å². The Hall–Kier alpha value is -2.89. The summed E-state index contributed by atoms with van der Waals surface area (Å²) in [6, 6.07) is 12.6. The van der Waals surface area contributed by atoms with E-state index in [1.807, 2.05) is 56.3 Å². The van der Waals surface area contributed by atoms with Gasteiger partial charge in [-0.1, -0.05) is 13.0 Å². The lowest BCUT2D eigenvalue weighted by Crippen LogP contribution is -2.36. The van der Waals surface area contributed by atoms with E-state index in [9.17, 15) is 4.79 Å². The van der Waals surface area contributed by atoms with E-state index in [1.165, 1.54) is 6.21 Å². The number of benzene rings is 1. The molecular formula is C18H22N4O2. The molecule has 0 aliphatic heterocycles. The molecule has 1 aromatic carbocycles. The first-order valence-electron chi connectivity index (χ1n) is 7.96. The second-order valence-corrected chi connectivity index (χ2v) is 5.05. The van der Waals surface area contributed by atoms with Crippen LogP contribution in [-0.2, 0) is 4.79 Å². The molecule has 0 aliphatic carbocycles. The van der Waals surface area contributed by atoms with Crippen molar-refractivity contribution in [3.63, 3.8) is 0 Å². The van der Waals surface area contributed by atoms with Crippen LogP contribution >= 0.6 is 0 Å². The van der Waals surface area contributed by atoms with Crippen molar-refractivity contribution in [2.45, 2.75) is 26.3 Å². The fourth-order valence-corrected chi connectivity index (χ4v) is 2.06. The maximum atomic E-state index is 12.2. The number of rotatable bonds is 8. The Morgan fingerprint density at radius 3 is 2.67 bits per heavy atom. The van der Waals surface area contributed by atoms with E-state index in [1.54, 1.807) is 6.20 Å².